The van der Waals surface area contributed by atoms with Crippen molar-refractivity contribution in [3.8, 4) is 17.2 Å². The summed E-state index contributed by atoms with van der Waals surface area (Å²) in [5, 5.41) is 0. The Morgan fingerprint density at radius 3 is 2.48 bits per heavy atom. The smallest absolute Gasteiger partial charge is 0.205 e. The van der Waals surface area contributed by atoms with Gasteiger partial charge in [0.1, 0.15) is 0 Å². The third kappa shape index (κ3) is 2.39. The molecule has 0 aliphatic heterocycles. The lowest BCUT2D eigenvalue weighted by Crippen LogP contribution is -2.01. The maximum Gasteiger partial charge on any atom is 0.205 e. The van der Waals surface area contributed by atoms with Crippen molar-refractivity contribution in [1.82, 2.24) is 9.55 Å². The molecule has 0 saturated heterocycles. The fourth-order valence-electron chi connectivity index (χ4n) is 2.31. The highest BCUT2D eigenvalue weighted by Crippen LogP contribution is 2.34. The van der Waals surface area contributed by atoms with Crippen LogP contribution in [0.5, 0.6) is 11.5 Å². The van der Waals surface area contributed by atoms with Crippen LogP contribution in [0.2, 0.25) is 0 Å². The van der Waals surface area contributed by atoms with E-state index in [9.17, 15) is 0 Å². The zero-order valence-corrected chi connectivity index (χ0v) is 13.8. The van der Waals surface area contributed by atoms with Gasteiger partial charge in [-0.15, -0.1) is 0 Å². The zero-order chi connectivity index (χ0) is 15.0. The van der Waals surface area contributed by atoms with Crippen LogP contribution in [-0.2, 0) is 0 Å². The van der Waals surface area contributed by atoms with Crippen molar-refractivity contribution in [3.05, 3.63) is 40.0 Å². The Balaban J connectivity index is 2.30. The number of benzene rings is 2. The van der Waals surface area contributed by atoms with Gasteiger partial charge in [-0.25, -0.2) is 4.98 Å². The summed E-state index contributed by atoms with van der Waals surface area (Å²) in [5.74, 6) is 1.72. The van der Waals surface area contributed by atoms with Gasteiger partial charge in [0.15, 0.2) is 11.5 Å². The number of halogens is 1. The van der Waals surface area contributed by atoms with Crippen molar-refractivity contribution in [3.63, 3.8) is 0 Å². The molecule has 0 aliphatic rings. The highest BCUT2D eigenvalue weighted by atomic mass is 127. The minimum atomic E-state index is 0.433. The van der Waals surface area contributed by atoms with Crippen LogP contribution in [0.3, 0.4) is 0 Å². The summed E-state index contributed by atoms with van der Waals surface area (Å²) in [6, 6.07) is 11.8. The maximum atomic E-state index is 6.09. The van der Waals surface area contributed by atoms with Gasteiger partial charge in [0.2, 0.25) is 5.95 Å². The van der Waals surface area contributed by atoms with Crippen LogP contribution in [0.25, 0.3) is 16.7 Å². The van der Waals surface area contributed by atoms with Crippen molar-refractivity contribution in [2.24, 2.45) is 0 Å². The lowest BCUT2D eigenvalue weighted by molar-refractivity contribution is 0.355. The number of anilines is 1. The van der Waals surface area contributed by atoms with E-state index in [1.54, 1.807) is 14.2 Å². The summed E-state index contributed by atoms with van der Waals surface area (Å²) in [6.07, 6.45) is 0. The predicted molar refractivity (Wildman–Crippen MR) is 91.3 cm³/mol. The second-order valence-electron chi connectivity index (χ2n) is 4.48. The van der Waals surface area contributed by atoms with Crippen LogP contribution < -0.4 is 15.2 Å². The molecule has 0 radical (unpaired) electrons. The SMILES string of the molecule is COc1cc2nc(N)n(-c3cccc(I)c3)c2cc1OC. The third-order valence-corrected chi connectivity index (χ3v) is 3.92. The number of fused-ring (bicyclic) bond motifs is 1. The molecule has 0 spiro atoms. The second-order valence-corrected chi connectivity index (χ2v) is 5.73. The Morgan fingerprint density at radius 1 is 1.10 bits per heavy atom. The minimum Gasteiger partial charge on any atom is -0.493 e. The molecule has 2 aromatic carbocycles. The molecular weight excluding hydrogens is 381 g/mol. The van der Waals surface area contributed by atoms with Crippen molar-refractivity contribution in [2.75, 3.05) is 20.0 Å². The molecule has 0 bridgehead atoms. The molecule has 0 atom stereocenters. The minimum absolute atomic E-state index is 0.433. The highest BCUT2D eigenvalue weighted by molar-refractivity contribution is 14.1. The van der Waals surface area contributed by atoms with Crippen LogP contribution in [0.15, 0.2) is 36.4 Å². The van der Waals surface area contributed by atoms with Crippen LogP contribution in [0.4, 0.5) is 5.95 Å². The van der Waals surface area contributed by atoms with E-state index in [2.05, 4.69) is 33.6 Å². The van der Waals surface area contributed by atoms with E-state index in [0.717, 1.165) is 20.3 Å². The molecule has 0 aliphatic carbocycles. The summed E-state index contributed by atoms with van der Waals surface area (Å²) in [7, 11) is 3.21. The van der Waals surface area contributed by atoms with Gasteiger partial charge in [0, 0.05) is 15.7 Å². The molecule has 5 nitrogen and oxygen atoms in total. The van der Waals surface area contributed by atoms with Crippen LogP contribution in [0.1, 0.15) is 0 Å². The number of imidazole rings is 1. The molecule has 0 unspecified atom stereocenters. The molecule has 1 heterocycles. The van der Waals surface area contributed by atoms with Gasteiger partial charge in [-0.2, -0.15) is 0 Å². The van der Waals surface area contributed by atoms with Gasteiger partial charge < -0.3 is 15.2 Å². The molecular formula is C15H14IN3O2. The first kappa shape index (κ1) is 14.0. The van der Waals surface area contributed by atoms with Gasteiger partial charge >= 0.3 is 0 Å². The van der Waals surface area contributed by atoms with E-state index < -0.39 is 0 Å². The summed E-state index contributed by atoms with van der Waals surface area (Å²) < 4.78 is 13.7. The Labute approximate surface area is 135 Å². The molecule has 0 fully saturated rings. The summed E-state index contributed by atoms with van der Waals surface area (Å²) in [5.41, 5.74) is 8.70. The Hall–Kier alpha value is -1.96. The van der Waals surface area contributed by atoms with Crippen molar-refractivity contribution < 1.29 is 9.47 Å². The number of nitrogen functional groups attached to an aromatic ring is 1. The number of nitrogens with zero attached hydrogens (tertiary/aromatic N) is 2. The lowest BCUT2D eigenvalue weighted by atomic mass is 10.2. The largest absolute Gasteiger partial charge is 0.493 e. The van der Waals surface area contributed by atoms with Crippen LogP contribution in [-0.4, -0.2) is 23.8 Å². The molecule has 3 rings (SSSR count). The Bertz CT molecular complexity index is 814. The zero-order valence-electron chi connectivity index (χ0n) is 11.6. The topological polar surface area (TPSA) is 62.3 Å². The quantitative estimate of drug-likeness (QED) is 0.692. The average molecular weight is 395 g/mol. The van der Waals surface area contributed by atoms with Crippen molar-refractivity contribution in [1.29, 1.82) is 0 Å². The summed E-state index contributed by atoms with van der Waals surface area (Å²) in [4.78, 5) is 4.41. The van der Waals surface area contributed by atoms with Gasteiger partial charge in [-0.1, -0.05) is 6.07 Å². The third-order valence-electron chi connectivity index (χ3n) is 3.25. The standard InChI is InChI=1S/C15H14IN3O2/c1-20-13-7-11-12(8-14(13)21-2)19(15(17)18-11)10-5-3-4-9(16)6-10/h3-8H,1-2H3,(H2,17,18). The molecule has 0 amide bonds. The average Bonchev–Trinajstić information content (AvgIpc) is 2.80. The molecule has 3 aromatic rings. The number of methoxy groups -OCH3 is 2. The fraction of sp³-hybridized carbons (Fsp3) is 0.133. The van der Waals surface area contributed by atoms with Gasteiger partial charge in [0.25, 0.3) is 0 Å². The number of rotatable bonds is 3. The molecule has 6 heteroatoms. The normalized spacial score (nSPS) is 10.8. The summed E-state index contributed by atoms with van der Waals surface area (Å²) >= 11 is 2.27. The molecule has 2 N–H and O–H groups in total. The van der Waals surface area contributed by atoms with E-state index >= 15 is 0 Å². The fourth-order valence-corrected chi connectivity index (χ4v) is 2.84. The van der Waals surface area contributed by atoms with Crippen molar-refractivity contribution in [2.45, 2.75) is 0 Å². The Kier molecular flexibility index (Phi) is 3.62. The first-order valence-corrected chi connectivity index (χ1v) is 7.38. The number of ether oxygens (including phenoxy) is 2. The second kappa shape index (κ2) is 5.44. The first-order chi connectivity index (χ1) is 10.1. The Morgan fingerprint density at radius 2 is 1.81 bits per heavy atom. The van der Waals surface area contributed by atoms with E-state index in [1.807, 2.05) is 34.9 Å². The van der Waals surface area contributed by atoms with E-state index in [0.29, 0.717) is 17.4 Å². The first-order valence-electron chi connectivity index (χ1n) is 6.30. The monoisotopic (exact) mass is 395 g/mol. The van der Waals surface area contributed by atoms with Gasteiger partial charge in [-0.3, -0.25) is 4.57 Å². The van der Waals surface area contributed by atoms with Crippen LogP contribution >= 0.6 is 22.6 Å². The highest BCUT2D eigenvalue weighted by Gasteiger charge is 2.14. The number of hydrogen-bond donors (Lipinski definition) is 1. The van der Waals surface area contributed by atoms with E-state index in [1.165, 1.54) is 0 Å². The number of hydrogen-bond acceptors (Lipinski definition) is 4. The molecule has 21 heavy (non-hydrogen) atoms. The lowest BCUT2D eigenvalue weighted by Gasteiger charge is -2.10. The van der Waals surface area contributed by atoms with E-state index in [4.69, 9.17) is 15.2 Å². The van der Waals surface area contributed by atoms with Gasteiger partial charge in [0.05, 0.1) is 30.9 Å². The van der Waals surface area contributed by atoms with Crippen molar-refractivity contribution >= 4 is 39.6 Å². The van der Waals surface area contributed by atoms with Crippen LogP contribution in [0, 0.1) is 3.57 Å². The summed E-state index contributed by atoms with van der Waals surface area (Å²) in [6.45, 7) is 0. The predicted octanol–water partition coefficient (Wildman–Crippen LogP) is 3.23. The number of nitrogens with two attached hydrogens (primary N) is 1. The molecule has 1 aromatic heterocycles. The molecule has 108 valence electrons. The molecule has 0 saturated carbocycles. The maximum absolute atomic E-state index is 6.09. The number of aromatic nitrogens is 2. The van der Waals surface area contributed by atoms with Gasteiger partial charge in [-0.05, 0) is 40.8 Å². The van der Waals surface area contributed by atoms with E-state index in [-0.39, 0.29) is 0 Å².